The van der Waals surface area contributed by atoms with Gasteiger partial charge in [-0.2, -0.15) is 0 Å². The Morgan fingerprint density at radius 1 is 0.964 bits per heavy atom. The fourth-order valence-corrected chi connectivity index (χ4v) is 3.25. The molecule has 5 heteroatoms. The molecule has 1 heterocycles. The first-order valence-electron chi connectivity index (χ1n) is 8.80. The summed E-state index contributed by atoms with van der Waals surface area (Å²) in [4.78, 5) is 13.1. The van der Waals surface area contributed by atoms with Gasteiger partial charge in [-0.15, -0.1) is 0 Å². The van der Waals surface area contributed by atoms with Crippen LogP contribution in [0.25, 0.3) is 22.1 Å². The molecule has 1 N–H and O–H groups in total. The van der Waals surface area contributed by atoms with Crippen molar-refractivity contribution in [1.82, 2.24) is 0 Å². The van der Waals surface area contributed by atoms with E-state index in [-0.39, 0.29) is 11.2 Å². The Hall–Kier alpha value is -3.60. The summed E-state index contributed by atoms with van der Waals surface area (Å²) in [6, 6.07) is 18.7. The summed E-state index contributed by atoms with van der Waals surface area (Å²) in [5.41, 5.74) is 3.04. The maximum absolute atomic E-state index is 13.1. The van der Waals surface area contributed by atoms with Gasteiger partial charge in [-0.1, -0.05) is 18.2 Å². The second-order valence-electron chi connectivity index (χ2n) is 6.41. The van der Waals surface area contributed by atoms with Crippen LogP contribution >= 0.6 is 0 Å². The summed E-state index contributed by atoms with van der Waals surface area (Å²) < 4.78 is 24.4. The van der Waals surface area contributed by atoms with Crippen molar-refractivity contribution in [3.8, 4) is 16.9 Å². The largest absolute Gasteiger partial charge is 0.496 e. The molecule has 0 saturated heterocycles. The monoisotopic (exact) mass is 375 g/mol. The van der Waals surface area contributed by atoms with Crippen molar-refractivity contribution < 1.29 is 13.5 Å². The van der Waals surface area contributed by atoms with E-state index in [0.717, 1.165) is 11.4 Å². The lowest BCUT2D eigenvalue weighted by Crippen LogP contribution is -2.08. The van der Waals surface area contributed by atoms with Crippen molar-refractivity contribution in [2.45, 2.75) is 6.92 Å². The zero-order valence-electron chi connectivity index (χ0n) is 15.5. The van der Waals surface area contributed by atoms with Crippen LogP contribution in [0.4, 0.5) is 15.8 Å². The van der Waals surface area contributed by atoms with Gasteiger partial charge in [0.1, 0.15) is 22.9 Å². The molecule has 0 atom stereocenters. The van der Waals surface area contributed by atoms with Crippen LogP contribution in [-0.2, 0) is 0 Å². The standard InChI is InChI=1S/C23H18FNO3/c1-14-22(18-5-3-4-6-20(18)27-2)23(26)19-12-11-17(13-21(19)28-14)25-16-9-7-15(24)8-10-16/h3-13,25H,1-2H3. The molecule has 0 bridgehead atoms. The van der Waals surface area contributed by atoms with Crippen LogP contribution in [0.1, 0.15) is 5.76 Å². The molecule has 0 aliphatic rings. The van der Waals surface area contributed by atoms with Crippen molar-refractivity contribution in [3.05, 3.63) is 88.5 Å². The van der Waals surface area contributed by atoms with Crippen LogP contribution in [0.15, 0.2) is 75.9 Å². The number of hydrogen-bond donors (Lipinski definition) is 1. The normalized spacial score (nSPS) is 10.8. The van der Waals surface area contributed by atoms with E-state index in [1.807, 2.05) is 24.3 Å². The van der Waals surface area contributed by atoms with Crippen LogP contribution in [0, 0.1) is 12.7 Å². The first-order chi connectivity index (χ1) is 13.6. The lowest BCUT2D eigenvalue weighted by molar-refractivity contribution is 0.416. The Bertz CT molecular complexity index is 1210. The average Bonchev–Trinajstić information content (AvgIpc) is 2.70. The SMILES string of the molecule is COc1ccccc1-c1c(C)oc2cc(Nc3ccc(F)cc3)ccc2c1=O. The molecular weight excluding hydrogens is 357 g/mol. The number of nitrogens with one attached hydrogen (secondary N) is 1. The van der Waals surface area contributed by atoms with Crippen LogP contribution in [0.2, 0.25) is 0 Å². The topological polar surface area (TPSA) is 51.5 Å². The molecule has 0 spiro atoms. The zero-order chi connectivity index (χ0) is 19.7. The Balaban J connectivity index is 1.80. The molecule has 4 rings (SSSR count). The lowest BCUT2D eigenvalue weighted by Gasteiger charge is -2.12. The van der Waals surface area contributed by atoms with Crippen molar-refractivity contribution >= 4 is 22.3 Å². The van der Waals surface area contributed by atoms with Gasteiger partial charge in [0.15, 0.2) is 0 Å². The van der Waals surface area contributed by atoms with Gasteiger partial charge in [0.25, 0.3) is 0 Å². The van der Waals surface area contributed by atoms with Crippen LogP contribution in [0.3, 0.4) is 0 Å². The van der Waals surface area contributed by atoms with Gasteiger partial charge in [-0.25, -0.2) is 4.39 Å². The number of methoxy groups -OCH3 is 1. The summed E-state index contributed by atoms with van der Waals surface area (Å²) in [6.07, 6.45) is 0. The highest BCUT2D eigenvalue weighted by Gasteiger charge is 2.17. The van der Waals surface area contributed by atoms with Gasteiger partial charge in [-0.3, -0.25) is 4.79 Å². The molecule has 0 aliphatic heterocycles. The molecule has 0 amide bonds. The number of para-hydroxylation sites is 1. The minimum absolute atomic E-state index is 0.114. The molecule has 0 radical (unpaired) electrons. The highest BCUT2D eigenvalue weighted by atomic mass is 19.1. The van der Waals surface area contributed by atoms with E-state index in [2.05, 4.69) is 5.32 Å². The predicted molar refractivity (Wildman–Crippen MR) is 109 cm³/mol. The Morgan fingerprint density at radius 3 is 2.43 bits per heavy atom. The molecule has 4 nitrogen and oxygen atoms in total. The number of halogens is 1. The molecule has 140 valence electrons. The molecule has 0 saturated carbocycles. The van der Waals surface area contributed by atoms with Gasteiger partial charge in [0, 0.05) is 23.0 Å². The van der Waals surface area contributed by atoms with E-state index in [1.165, 1.54) is 12.1 Å². The maximum Gasteiger partial charge on any atom is 0.200 e. The number of hydrogen-bond acceptors (Lipinski definition) is 4. The summed E-state index contributed by atoms with van der Waals surface area (Å²) in [7, 11) is 1.57. The summed E-state index contributed by atoms with van der Waals surface area (Å²) >= 11 is 0. The van der Waals surface area contributed by atoms with Crippen molar-refractivity contribution in [2.24, 2.45) is 0 Å². The Kier molecular flexibility index (Phi) is 4.57. The molecule has 28 heavy (non-hydrogen) atoms. The number of aryl methyl sites for hydroxylation is 1. The highest BCUT2D eigenvalue weighted by Crippen LogP contribution is 2.32. The quantitative estimate of drug-likeness (QED) is 0.500. The molecule has 0 aliphatic carbocycles. The molecular formula is C23H18FNO3. The lowest BCUT2D eigenvalue weighted by atomic mass is 10.0. The minimum Gasteiger partial charge on any atom is -0.496 e. The summed E-state index contributed by atoms with van der Waals surface area (Å²) in [5, 5.41) is 3.66. The third-order valence-corrected chi connectivity index (χ3v) is 4.58. The van der Waals surface area contributed by atoms with E-state index in [4.69, 9.17) is 9.15 Å². The van der Waals surface area contributed by atoms with Crippen molar-refractivity contribution in [3.63, 3.8) is 0 Å². The van der Waals surface area contributed by atoms with Gasteiger partial charge in [0.2, 0.25) is 5.43 Å². The highest BCUT2D eigenvalue weighted by molar-refractivity contribution is 5.87. The predicted octanol–water partition coefficient (Wildman–Crippen LogP) is 5.66. The maximum atomic E-state index is 13.1. The van der Waals surface area contributed by atoms with E-state index in [9.17, 15) is 9.18 Å². The number of fused-ring (bicyclic) bond motifs is 1. The minimum atomic E-state index is -0.297. The Labute approximate surface area is 161 Å². The number of benzene rings is 3. The molecule has 0 fully saturated rings. The van der Waals surface area contributed by atoms with Gasteiger partial charge in [0.05, 0.1) is 18.1 Å². The van der Waals surface area contributed by atoms with E-state index < -0.39 is 0 Å². The second kappa shape index (κ2) is 7.19. The third-order valence-electron chi connectivity index (χ3n) is 4.58. The zero-order valence-corrected chi connectivity index (χ0v) is 15.5. The van der Waals surface area contributed by atoms with Crippen LogP contribution < -0.4 is 15.5 Å². The third kappa shape index (κ3) is 3.22. The number of rotatable bonds is 4. The van der Waals surface area contributed by atoms with Crippen molar-refractivity contribution in [2.75, 3.05) is 12.4 Å². The fraction of sp³-hybridized carbons (Fsp3) is 0.0870. The van der Waals surface area contributed by atoms with Gasteiger partial charge < -0.3 is 14.5 Å². The van der Waals surface area contributed by atoms with E-state index in [0.29, 0.717) is 33.6 Å². The molecule has 4 aromatic rings. The summed E-state index contributed by atoms with van der Waals surface area (Å²) in [5.74, 6) is 0.835. The molecule has 1 aromatic heterocycles. The van der Waals surface area contributed by atoms with E-state index in [1.54, 1.807) is 44.4 Å². The van der Waals surface area contributed by atoms with E-state index >= 15 is 0 Å². The average molecular weight is 375 g/mol. The summed E-state index contributed by atoms with van der Waals surface area (Å²) in [6.45, 7) is 1.77. The smallest absolute Gasteiger partial charge is 0.200 e. The Morgan fingerprint density at radius 2 is 1.68 bits per heavy atom. The van der Waals surface area contributed by atoms with Crippen molar-refractivity contribution in [1.29, 1.82) is 0 Å². The molecule has 0 unspecified atom stereocenters. The van der Waals surface area contributed by atoms with Gasteiger partial charge in [-0.05, 0) is 49.4 Å². The first-order valence-corrected chi connectivity index (χ1v) is 8.80. The fourth-order valence-electron chi connectivity index (χ4n) is 3.25. The van der Waals surface area contributed by atoms with Gasteiger partial charge >= 0.3 is 0 Å². The number of ether oxygens (including phenoxy) is 1. The second-order valence-corrected chi connectivity index (χ2v) is 6.41. The van der Waals surface area contributed by atoms with Crippen LogP contribution in [0.5, 0.6) is 5.75 Å². The molecule has 3 aromatic carbocycles. The van der Waals surface area contributed by atoms with Crippen LogP contribution in [-0.4, -0.2) is 7.11 Å². The number of anilines is 2. The first kappa shape index (κ1) is 17.8.